The molecule has 0 amide bonds. The molecule has 20 heavy (non-hydrogen) atoms. The highest BCUT2D eigenvalue weighted by molar-refractivity contribution is 5.15. The van der Waals surface area contributed by atoms with Gasteiger partial charge in [-0.2, -0.15) is 0 Å². The lowest BCUT2D eigenvalue weighted by Gasteiger charge is -2.45. The van der Waals surface area contributed by atoms with E-state index in [0.717, 1.165) is 41.9 Å². The molecule has 9 atom stereocenters. The number of ether oxygens (including phenoxy) is 1. The van der Waals surface area contributed by atoms with E-state index in [4.69, 9.17) is 4.74 Å². The van der Waals surface area contributed by atoms with Crippen molar-refractivity contribution in [3.63, 3.8) is 0 Å². The van der Waals surface area contributed by atoms with E-state index in [1.807, 2.05) is 0 Å². The average Bonchev–Trinajstić information content (AvgIpc) is 3.13. The summed E-state index contributed by atoms with van der Waals surface area (Å²) in [6, 6.07) is 0. The number of fused-ring (bicyclic) bond motifs is 9. The maximum absolute atomic E-state index is 10.3. The molecule has 4 saturated carbocycles. The van der Waals surface area contributed by atoms with Crippen molar-refractivity contribution < 1.29 is 9.84 Å². The molecule has 1 N–H and O–H groups in total. The van der Waals surface area contributed by atoms with Crippen LogP contribution in [-0.2, 0) is 4.74 Å². The summed E-state index contributed by atoms with van der Waals surface area (Å²) in [5, 5.41) is 10.3. The molecule has 4 fully saturated rings. The summed E-state index contributed by atoms with van der Waals surface area (Å²) >= 11 is 0. The zero-order valence-electron chi connectivity index (χ0n) is 13.2. The molecule has 114 valence electrons. The largest absolute Gasteiger partial charge is 0.368 e. The first-order valence-corrected chi connectivity index (χ1v) is 8.89. The van der Waals surface area contributed by atoms with Crippen LogP contribution < -0.4 is 0 Å². The SMILES string of the molecule is CCC(C)C(O)OC1(C)CC2CC1C1C3CCC(C3)C21. The van der Waals surface area contributed by atoms with Gasteiger partial charge in [-0.25, -0.2) is 0 Å². The smallest absolute Gasteiger partial charge is 0.157 e. The van der Waals surface area contributed by atoms with Gasteiger partial charge in [0.05, 0.1) is 5.60 Å². The van der Waals surface area contributed by atoms with Gasteiger partial charge >= 0.3 is 0 Å². The Morgan fingerprint density at radius 1 is 1.15 bits per heavy atom. The second kappa shape index (κ2) is 4.46. The molecule has 0 aromatic heterocycles. The molecule has 0 radical (unpaired) electrons. The topological polar surface area (TPSA) is 29.5 Å². The van der Waals surface area contributed by atoms with Gasteiger partial charge in [0.25, 0.3) is 0 Å². The Bertz CT molecular complexity index is 395. The average molecular weight is 278 g/mol. The van der Waals surface area contributed by atoms with Gasteiger partial charge in [-0.1, -0.05) is 13.8 Å². The quantitative estimate of drug-likeness (QED) is 0.625. The zero-order chi connectivity index (χ0) is 14.1. The van der Waals surface area contributed by atoms with Crippen LogP contribution in [0.15, 0.2) is 0 Å². The molecule has 0 saturated heterocycles. The molecule has 0 aliphatic heterocycles. The number of aliphatic hydroxyl groups is 1. The maximum atomic E-state index is 10.3. The summed E-state index contributed by atoms with van der Waals surface area (Å²) in [6.07, 6.45) is 7.48. The number of hydrogen-bond acceptors (Lipinski definition) is 2. The number of rotatable bonds is 4. The van der Waals surface area contributed by atoms with Crippen molar-refractivity contribution in [1.29, 1.82) is 0 Å². The lowest BCUT2D eigenvalue weighted by molar-refractivity contribution is -0.227. The summed E-state index contributed by atoms with van der Waals surface area (Å²) in [6.45, 7) is 6.53. The minimum Gasteiger partial charge on any atom is -0.368 e. The monoisotopic (exact) mass is 278 g/mol. The Labute approximate surface area is 123 Å². The normalized spacial score (nSPS) is 55.2. The highest BCUT2D eigenvalue weighted by Gasteiger charge is 2.66. The molecular formula is C18H30O2. The van der Waals surface area contributed by atoms with Crippen LogP contribution in [0.25, 0.3) is 0 Å². The summed E-state index contributed by atoms with van der Waals surface area (Å²) in [4.78, 5) is 0. The Morgan fingerprint density at radius 2 is 1.85 bits per heavy atom. The zero-order valence-corrected chi connectivity index (χ0v) is 13.2. The van der Waals surface area contributed by atoms with Gasteiger partial charge in [0.1, 0.15) is 0 Å². The van der Waals surface area contributed by atoms with Crippen molar-refractivity contribution in [3.8, 4) is 0 Å². The van der Waals surface area contributed by atoms with Crippen LogP contribution in [0, 0.1) is 41.4 Å². The molecule has 0 aromatic carbocycles. The molecule has 4 aliphatic carbocycles. The molecule has 0 spiro atoms. The molecule has 4 bridgehead atoms. The number of hydrogen-bond donors (Lipinski definition) is 1. The Kier molecular flexibility index (Phi) is 3.03. The van der Waals surface area contributed by atoms with Gasteiger partial charge in [0.15, 0.2) is 6.29 Å². The molecule has 9 unspecified atom stereocenters. The third-order valence-electron chi connectivity index (χ3n) is 7.59. The Balaban J connectivity index is 1.52. The first kappa shape index (κ1) is 13.6. The lowest BCUT2D eigenvalue weighted by atomic mass is 9.66. The van der Waals surface area contributed by atoms with Gasteiger partial charge < -0.3 is 9.84 Å². The molecule has 0 heterocycles. The van der Waals surface area contributed by atoms with Crippen molar-refractivity contribution in [2.24, 2.45) is 41.4 Å². The van der Waals surface area contributed by atoms with Crippen molar-refractivity contribution >= 4 is 0 Å². The predicted octanol–water partition coefficient (Wildman–Crippen LogP) is 3.83. The van der Waals surface area contributed by atoms with Gasteiger partial charge in [0.2, 0.25) is 0 Å². The summed E-state index contributed by atoms with van der Waals surface area (Å²) in [7, 11) is 0. The standard InChI is InChI=1S/C18H30O2/c1-4-10(2)17(19)20-18(3)9-13-8-14(18)16-12-6-5-11(7-12)15(13)16/h10-17,19H,4-9H2,1-3H3. The van der Waals surface area contributed by atoms with Gasteiger partial charge in [-0.3, -0.25) is 0 Å². The van der Waals surface area contributed by atoms with Crippen LogP contribution in [0.2, 0.25) is 0 Å². The van der Waals surface area contributed by atoms with E-state index in [-0.39, 0.29) is 11.5 Å². The van der Waals surface area contributed by atoms with E-state index in [1.165, 1.54) is 32.1 Å². The summed E-state index contributed by atoms with van der Waals surface area (Å²) < 4.78 is 6.26. The van der Waals surface area contributed by atoms with Crippen LogP contribution in [0.5, 0.6) is 0 Å². The molecule has 2 heteroatoms. The fourth-order valence-corrected chi connectivity index (χ4v) is 6.59. The fourth-order valence-electron chi connectivity index (χ4n) is 6.59. The van der Waals surface area contributed by atoms with E-state index >= 15 is 0 Å². The van der Waals surface area contributed by atoms with E-state index in [9.17, 15) is 5.11 Å². The first-order valence-electron chi connectivity index (χ1n) is 8.89. The van der Waals surface area contributed by atoms with E-state index in [0.29, 0.717) is 0 Å². The third kappa shape index (κ3) is 1.70. The van der Waals surface area contributed by atoms with Crippen molar-refractivity contribution in [3.05, 3.63) is 0 Å². The fraction of sp³-hybridized carbons (Fsp3) is 1.00. The van der Waals surface area contributed by atoms with Crippen LogP contribution in [0.4, 0.5) is 0 Å². The van der Waals surface area contributed by atoms with Gasteiger partial charge in [0, 0.05) is 5.92 Å². The van der Waals surface area contributed by atoms with Crippen LogP contribution in [0.1, 0.15) is 59.3 Å². The molecule has 2 nitrogen and oxygen atoms in total. The van der Waals surface area contributed by atoms with Crippen molar-refractivity contribution in [1.82, 2.24) is 0 Å². The van der Waals surface area contributed by atoms with Crippen LogP contribution in [0.3, 0.4) is 0 Å². The highest BCUT2D eigenvalue weighted by Crippen LogP contribution is 2.70. The second-order valence-corrected chi connectivity index (χ2v) is 8.50. The van der Waals surface area contributed by atoms with Crippen molar-refractivity contribution in [2.75, 3.05) is 0 Å². The third-order valence-corrected chi connectivity index (χ3v) is 7.59. The molecule has 4 rings (SSSR count). The first-order chi connectivity index (χ1) is 9.53. The summed E-state index contributed by atoms with van der Waals surface area (Å²) in [5.41, 5.74) is -0.0425. The lowest BCUT2D eigenvalue weighted by Crippen LogP contribution is -2.47. The number of aliphatic hydroxyl groups excluding tert-OH is 1. The van der Waals surface area contributed by atoms with E-state index in [2.05, 4.69) is 20.8 Å². The van der Waals surface area contributed by atoms with Crippen LogP contribution in [-0.4, -0.2) is 17.0 Å². The molecule has 0 aromatic rings. The Morgan fingerprint density at radius 3 is 2.55 bits per heavy atom. The Hall–Kier alpha value is -0.0800. The van der Waals surface area contributed by atoms with Gasteiger partial charge in [-0.05, 0) is 81.0 Å². The second-order valence-electron chi connectivity index (χ2n) is 8.50. The highest BCUT2D eigenvalue weighted by atomic mass is 16.6. The minimum absolute atomic E-state index is 0.0425. The molecule has 4 aliphatic rings. The van der Waals surface area contributed by atoms with E-state index < -0.39 is 6.29 Å². The maximum Gasteiger partial charge on any atom is 0.157 e. The van der Waals surface area contributed by atoms with Crippen molar-refractivity contribution in [2.45, 2.75) is 71.2 Å². The summed E-state index contributed by atoms with van der Waals surface area (Å²) in [5.74, 6) is 5.87. The molecular weight excluding hydrogens is 248 g/mol. The minimum atomic E-state index is -0.568. The van der Waals surface area contributed by atoms with Crippen LogP contribution >= 0.6 is 0 Å². The predicted molar refractivity (Wildman–Crippen MR) is 79.0 cm³/mol. The van der Waals surface area contributed by atoms with E-state index in [1.54, 1.807) is 0 Å². The van der Waals surface area contributed by atoms with Gasteiger partial charge in [-0.15, -0.1) is 0 Å².